The molecule has 2 aromatic heterocycles. The number of amides is 1. The molecule has 1 fully saturated rings. The minimum absolute atomic E-state index is 0.0187. The summed E-state index contributed by atoms with van der Waals surface area (Å²) >= 11 is 0. The number of aromatic amines is 1. The number of hydrogen-bond acceptors (Lipinski definition) is 5. The Bertz CT molecular complexity index is 1390. The van der Waals surface area contributed by atoms with Gasteiger partial charge in [-0.1, -0.05) is 12.2 Å². The summed E-state index contributed by atoms with van der Waals surface area (Å²) in [4.78, 5) is 27.3. The average Bonchev–Trinajstić information content (AvgIpc) is 3.32. The average molecular weight is 514 g/mol. The van der Waals surface area contributed by atoms with E-state index in [1.54, 1.807) is 18.9 Å². The van der Waals surface area contributed by atoms with E-state index in [0.717, 1.165) is 60.3 Å². The first-order valence-corrected chi connectivity index (χ1v) is 13.6. The van der Waals surface area contributed by atoms with E-state index in [4.69, 9.17) is 4.98 Å². The number of benzene rings is 1. The van der Waals surface area contributed by atoms with Crippen LogP contribution in [0, 0.1) is 13.8 Å². The van der Waals surface area contributed by atoms with Crippen molar-refractivity contribution in [1.82, 2.24) is 19.8 Å². The Balaban J connectivity index is 1.42. The Labute approximate surface area is 225 Å². The van der Waals surface area contributed by atoms with Crippen LogP contribution < -0.4 is 4.90 Å². The van der Waals surface area contributed by atoms with Crippen molar-refractivity contribution < 1.29 is 9.90 Å². The molecule has 0 radical (unpaired) electrons. The summed E-state index contributed by atoms with van der Waals surface area (Å²) in [6.07, 6.45) is 8.90. The van der Waals surface area contributed by atoms with Crippen molar-refractivity contribution >= 4 is 28.2 Å². The maximum absolute atomic E-state index is 12.7. The molecule has 0 bridgehead atoms. The second kappa shape index (κ2) is 10.8. The van der Waals surface area contributed by atoms with Crippen LogP contribution in [0.4, 0.5) is 5.69 Å². The molecule has 3 aromatic rings. The number of nitrogens with zero attached hydrogens (tertiary/aromatic N) is 4. The van der Waals surface area contributed by atoms with E-state index >= 15 is 0 Å². The minimum Gasteiger partial charge on any atom is -0.392 e. The first-order valence-electron chi connectivity index (χ1n) is 13.6. The molecule has 2 aliphatic rings. The second-order valence-electron chi connectivity index (χ2n) is 11.0. The zero-order valence-electron chi connectivity index (χ0n) is 23.2. The van der Waals surface area contributed by atoms with Gasteiger partial charge in [0.1, 0.15) is 5.65 Å². The summed E-state index contributed by atoms with van der Waals surface area (Å²) in [5.41, 5.74) is 10.2. The molecule has 0 spiro atoms. The van der Waals surface area contributed by atoms with Crippen molar-refractivity contribution in [2.75, 3.05) is 51.7 Å². The number of piperazine rings is 1. The largest absolute Gasteiger partial charge is 0.392 e. The van der Waals surface area contributed by atoms with E-state index in [-0.39, 0.29) is 5.91 Å². The normalized spacial score (nSPS) is 17.4. The van der Waals surface area contributed by atoms with Crippen LogP contribution in [0.5, 0.6) is 0 Å². The van der Waals surface area contributed by atoms with Crippen molar-refractivity contribution in [3.63, 3.8) is 0 Å². The zero-order chi connectivity index (χ0) is 27.0. The molecule has 38 heavy (non-hydrogen) atoms. The Morgan fingerprint density at radius 2 is 1.79 bits per heavy atom. The van der Waals surface area contributed by atoms with Gasteiger partial charge in [-0.05, 0) is 81.1 Å². The summed E-state index contributed by atoms with van der Waals surface area (Å²) in [6, 6.07) is 6.82. The van der Waals surface area contributed by atoms with Gasteiger partial charge in [0.2, 0.25) is 5.91 Å². The Morgan fingerprint density at radius 1 is 1.08 bits per heavy atom. The number of fused-ring (bicyclic) bond motifs is 1. The molecule has 7 heteroatoms. The lowest BCUT2D eigenvalue weighted by molar-refractivity contribution is -0.127. The molecule has 1 aliphatic carbocycles. The third-order valence-electron chi connectivity index (χ3n) is 7.83. The van der Waals surface area contributed by atoms with Crippen molar-refractivity contribution in [3.8, 4) is 11.1 Å². The van der Waals surface area contributed by atoms with Crippen molar-refractivity contribution in [1.29, 1.82) is 0 Å². The SMILES string of the molecule is Cc1cc(-c2cnc3[nH]cc(C4=CC=C(C(=O)N(C)C[C@H](C)O)CC4)c3c2)cc(C)c1N1CCN(C)CC1. The maximum Gasteiger partial charge on any atom is 0.249 e. The van der Waals surface area contributed by atoms with Crippen LogP contribution in [-0.2, 0) is 4.79 Å². The maximum atomic E-state index is 12.7. The van der Waals surface area contributed by atoms with Gasteiger partial charge in [-0.15, -0.1) is 0 Å². The summed E-state index contributed by atoms with van der Waals surface area (Å²) in [5, 5.41) is 10.7. The topological polar surface area (TPSA) is 75.7 Å². The van der Waals surface area contributed by atoms with Crippen LogP contribution in [0.1, 0.15) is 36.5 Å². The number of aromatic nitrogens is 2. The van der Waals surface area contributed by atoms with E-state index in [9.17, 15) is 9.90 Å². The fraction of sp³-hybridized carbons (Fsp3) is 0.419. The first kappa shape index (κ1) is 26.2. The number of rotatable bonds is 6. The standard InChI is InChI=1S/C31H39N5O2/c1-20-14-25(15-21(2)29(20)36-12-10-34(4)11-13-36)26-16-27-28(18-33-30(27)32-17-26)23-6-8-24(9-7-23)31(38)35(5)19-22(3)37/h6,8,14-18,22,37H,7,9-13,19H2,1-5H3,(H,32,33)/t22-/m0/s1. The summed E-state index contributed by atoms with van der Waals surface area (Å²) in [7, 11) is 3.93. The van der Waals surface area contributed by atoms with Crippen LogP contribution in [-0.4, -0.2) is 83.7 Å². The molecule has 1 saturated heterocycles. The number of aliphatic hydroxyl groups excluding tert-OH is 1. The molecule has 3 heterocycles. The molecule has 200 valence electrons. The lowest BCUT2D eigenvalue weighted by Gasteiger charge is -2.36. The number of likely N-dealkylation sites (N-methyl/N-ethyl adjacent to an activating group) is 2. The Morgan fingerprint density at radius 3 is 2.42 bits per heavy atom. The molecule has 1 aliphatic heterocycles. The predicted octanol–water partition coefficient (Wildman–Crippen LogP) is 4.54. The van der Waals surface area contributed by atoms with Gasteiger partial charge in [-0.3, -0.25) is 4.79 Å². The number of carbonyl (C=O) groups excluding carboxylic acids is 1. The second-order valence-corrected chi connectivity index (χ2v) is 11.0. The summed E-state index contributed by atoms with van der Waals surface area (Å²) in [6.45, 7) is 10.8. The van der Waals surface area contributed by atoms with Crippen molar-refractivity contribution in [3.05, 3.63) is 65.0 Å². The number of anilines is 1. The van der Waals surface area contributed by atoms with Gasteiger partial charge in [0.05, 0.1) is 6.10 Å². The highest BCUT2D eigenvalue weighted by Gasteiger charge is 2.21. The first-order chi connectivity index (χ1) is 18.2. The van der Waals surface area contributed by atoms with Gasteiger partial charge in [-0.2, -0.15) is 0 Å². The predicted molar refractivity (Wildman–Crippen MR) is 155 cm³/mol. The van der Waals surface area contributed by atoms with Gasteiger partial charge in [0.25, 0.3) is 0 Å². The van der Waals surface area contributed by atoms with Crippen molar-refractivity contribution in [2.24, 2.45) is 0 Å². The fourth-order valence-corrected chi connectivity index (χ4v) is 5.84. The highest BCUT2D eigenvalue weighted by molar-refractivity contribution is 5.97. The molecular formula is C31H39N5O2. The van der Waals surface area contributed by atoms with E-state index in [0.29, 0.717) is 13.0 Å². The summed E-state index contributed by atoms with van der Waals surface area (Å²) in [5.74, 6) is -0.0187. The Hall–Kier alpha value is -3.42. The number of H-pyrrole nitrogens is 1. The van der Waals surface area contributed by atoms with Gasteiger partial charge >= 0.3 is 0 Å². The zero-order valence-corrected chi connectivity index (χ0v) is 23.2. The van der Waals surface area contributed by atoms with Crippen LogP contribution in [0.3, 0.4) is 0 Å². The number of allylic oxidation sites excluding steroid dienone is 3. The quantitative estimate of drug-likeness (QED) is 0.506. The molecule has 7 nitrogen and oxygen atoms in total. The van der Waals surface area contributed by atoms with Gasteiger partial charge in [-0.25, -0.2) is 4.98 Å². The summed E-state index contributed by atoms with van der Waals surface area (Å²) < 4.78 is 0. The van der Waals surface area contributed by atoms with Gasteiger partial charge in [0.15, 0.2) is 0 Å². The van der Waals surface area contributed by atoms with Crippen LogP contribution in [0.2, 0.25) is 0 Å². The third kappa shape index (κ3) is 5.26. The van der Waals surface area contributed by atoms with E-state index in [1.807, 2.05) is 18.5 Å². The lowest BCUT2D eigenvalue weighted by atomic mass is 9.92. The monoisotopic (exact) mass is 513 g/mol. The van der Waals surface area contributed by atoms with E-state index < -0.39 is 6.10 Å². The third-order valence-corrected chi connectivity index (χ3v) is 7.83. The van der Waals surface area contributed by atoms with Crippen LogP contribution in [0.15, 0.2) is 48.3 Å². The molecule has 1 amide bonds. The molecule has 2 N–H and O–H groups in total. The van der Waals surface area contributed by atoms with Crippen molar-refractivity contribution in [2.45, 2.75) is 39.7 Å². The van der Waals surface area contributed by atoms with Gasteiger partial charge < -0.3 is 24.8 Å². The highest BCUT2D eigenvalue weighted by Crippen LogP contribution is 2.36. The Kier molecular flexibility index (Phi) is 7.41. The molecule has 1 atom stereocenters. The fourth-order valence-electron chi connectivity index (χ4n) is 5.84. The number of carbonyl (C=O) groups is 1. The van der Waals surface area contributed by atoms with Crippen LogP contribution in [0.25, 0.3) is 27.7 Å². The van der Waals surface area contributed by atoms with E-state index in [2.05, 4.69) is 60.0 Å². The van der Waals surface area contributed by atoms with Gasteiger partial charge in [0, 0.05) is 79.9 Å². The number of aryl methyl sites for hydroxylation is 2. The number of aliphatic hydroxyl groups is 1. The lowest BCUT2D eigenvalue weighted by Crippen LogP contribution is -2.45. The molecule has 0 unspecified atom stereocenters. The minimum atomic E-state index is -0.539. The smallest absolute Gasteiger partial charge is 0.249 e. The number of nitrogens with one attached hydrogen (secondary N) is 1. The molecule has 5 rings (SSSR count). The highest BCUT2D eigenvalue weighted by atomic mass is 16.3. The van der Waals surface area contributed by atoms with E-state index in [1.165, 1.54) is 28.0 Å². The molecule has 0 saturated carbocycles. The number of hydrogen-bond donors (Lipinski definition) is 2. The van der Waals surface area contributed by atoms with Crippen LogP contribution >= 0.6 is 0 Å². The molecular weight excluding hydrogens is 474 g/mol. The number of pyridine rings is 1. The molecule has 1 aromatic carbocycles.